The van der Waals surface area contributed by atoms with E-state index >= 15 is 0 Å². The van der Waals surface area contributed by atoms with Crippen LogP contribution in [0.15, 0.2) is 0 Å². The molecule has 4 rings (SSSR count). The normalized spacial score (nSPS) is 45.3. The predicted octanol–water partition coefficient (Wildman–Crippen LogP) is 1.67. The van der Waals surface area contributed by atoms with Crippen LogP contribution >= 0.6 is 0 Å². The quantitative estimate of drug-likeness (QED) is 0.822. The van der Waals surface area contributed by atoms with E-state index in [1.165, 1.54) is 64.7 Å². The van der Waals surface area contributed by atoms with Gasteiger partial charge in [0.15, 0.2) is 0 Å². The summed E-state index contributed by atoms with van der Waals surface area (Å²) in [5.41, 5.74) is 6.03. The van der Waals surface area contributed by atoms with Gasteiger partial charge in [0.2, 0.25) is 0 Å². The zero-order chi connectivity index (χ0) is 12.8. The Kier molecular flexibility index (Phi) is 3.33. The van der Waals surface area contributed by atoms with Crippen molar-refractivity contribution in [3.63, 3.8) is 0 Å². The second-order valence-corrected chi connectivity index (χ2v) is 7.55. The molecule has 108 valence electrons. The van der Waals surface area contributed by atoms with Gasteiger partial charge in [-0.05, 0) is 63.5 Å². The van der Waals surface area contributed by atoms with E-state index in [9.17, 15) is 0 Å². The molecule has 3 nitrogen and oxygen atoms in total. The van der Waals surface area contributed by atoms with Crippen LogP contribution in [-0.4, -0.2) is 54.1 Å². The molecule has 4 atom stereocenters. The van der Waals surface area contributed by atoms with Gasteiger partial charge in [0.1, 0.15) is 0 Å². The van der Waals surface area contributed by atoms with E-state index in [0.29, 0.717) is 6.04 Å². The zero-order valence-corrected chi connectivity index (χ0v) is 12.1. The van der Waals surface area contributed by atoms with Crippen molar-refractivity contribution in [3.8, 4) is 0 Å². The van der Waals surface area contributed by atoms with E-state index in [0.717, 1.165) is 23.9 Å². The highest BCUT2D eigenvalue weighted by atomic mass is 15.3. The Morgan fingerprint density at radius 3 is 2.26 bits per heavy atom. The maximum absolute atomic E-state index is 6.03. The predicted molar refractivity (Wildman–Crippen MR) is 78.0 cm³/mol. The van der Waals surface area contributed by atoms with Crippen molar-refractivity contribution in [2.45, 2.75) is 63.1 Å². The molecule has 0 spiro atoms. The van der Waals surface area contributed by atoms with E-state index in [4.69, 9.17) is 5.73 Å². The molecule has 2 N–H and O–H groups in total. The third-order valence-corrected chi connectivity index (χ3v) is 6.46. The summed E-state index contributed by atoms with van der Waals surface area (Å²) >= 11 is 0. The lowest BCUT2D eigenvalue weighted by Gasteiger charge is -2.36. The zero-order valence-electron chi connectivity index (χ0n) is 12.1. The molecule has 3 heteroatoms. The molecule has 2 saturated heterocycles. The number of hydrogen-bond acceptors (Lipinski definition) is 3. The summed E-state index contributed by atoms with van der Waals surface area (Å²) in [7, 11) is 0. The molecule has 0 aromatic carbocycles. The highest BCUT2D eigenvalue weighted by Crippen LogP contribution is 2.47. The van der Waals surface area contributed by atoms with Gasteiger partial charge in [-0.25, -0.2) is 0 Å². The lowest BCUT2D eigenvalue weighted by Crippen LogP contribution is -2.47. The van der Waals surface area contributed by atoms with Crippen LogP contribution in [0.4, 0.5) is 0 Å². The number of hydrogen-bond donors (Lipinski definition) is 1. The fourth-order valence-corrected chi connectivity index (χ4v) is 5.31. The standard InChI is InChI=1S/C16H29N3/c17-14-3-6-18(7-4-14)15-5-8-19(11-15)16-10-12-1-2-13(16)9-12/h12-16H,1-11,17H2. The first-order valence-electron chi connectivity index (χ1n) is 8.53. The molecular formula is C16H29N3. The Hall–Kier alpha value is -0.120. The molecule has 2 heterocycles. The Balaban J connectivity index is 1.33. The van der Waals surface area contributed by atoms with Crippen LogP contribution in [0.3, 0.4) is 0 Å². The Labute approximate surface area is 117 Å². The van der Waals surface area contributed by atoms with Crippen molar-refractivity contribution < 1.29 is 0 Å². The number of rotatable bonds is 2. The van der Waals surface area contributed by atoms with Crippen molar-refractivity contribution >= 4 is 0 Å². The minimum atomic E-state index is 0.472. The minimum Gasteiger partial charge on any atom is -0.328 e. The summed E-state index contributed by atoms with van der Waals surface area (Å²) in [6, 6.07) is 2.27. The fraction of sp³-hybridized carbons (Fsp3) is 1.00. The molecule has 2 saturated carbocycles. The summed E-state index contributed by atoms with van der Waals surface area (Å²) in [6.45, 7) is 5.21. The monoisotopic (exact) mass is 263 g/mol. The third-order valence-electron chi connectivity index (χ3n) is 6.46. The van der Waals surface area contributed by atoms with Crippen molar-refractivity contribution in [1.29, 1.82) is 0 Å². The highest BCUT2D eigenvalue weighted by molar-refractivity contribution is 4.98. The molecule has 0 amide bonds. The van der Waals surface area contributed by atoms with Crippen LogP contribution in [0.1, 0.15) is 44.9 Å². The first-order valence-corrected chi connectivity index (χ1v) is 8.53. The van der Waals surface area contributed by atoms with Crippen molar-refractivity contribution in [3.05, 3.63) is 0 Å². The van der Waals surface area contributed by atoms with E-state index in [1.54, 1.807) is 6.42 Å². The average Bonchev–Trinajstić information content (AvgIpc) is 3.15. The van der Waals surface area contributed by atoms with Crippen molar-refractivity contribution in [2.24, 2.45) is 17.6 Å². The highest BCUT2D eigenvalue weighted by Gasteiger charge is 2.44. The molecule has 2 aliphatic heterocycles. The fourth-order valence-electron chi connectivity index (χ4n) is 5.31. The van der Waals surface area contributed by atoms with Gasteiger partial charge >= 0.3 is 0 Å². The SMILES string of the molecule is NC1CCN(C2CCN(C3CC4CCC3C4)C2)CC1. The Morgan fingerprint density at radius 1 is 0.789 bits per heavy atom. The third kappa shape index (κ3) is 2.34. The number of fused-ring (bicyclic) bond motifs is 2. The van der Waals surface area contributed by atoms with Gasteiger partial charge < -0.3 is 5.73 Å². The molecular weight excluding hydrogens is 234 g/mol. The first kappa shape index (κ1) is 12.6. The number of piperidine rings is 1. The largest absolute Gasteiger partial charge is 0.328 e. The van der Waals surface area contributed by atoms with E-state index < -0.39 is 0 Å². The molecule has 0 aromatic heterocycles. The molecule has 19 heavy (non-hydrogen) atoms. The van der Waals surface area contributed by atoms with Crippen LogP contribution < -0.4 is 5.73 Å². The maximum atomic E-state index is 6.03. The molecule has 2 bridgehead atoms. The van der Waals surface area contributed by atoms with Crippen molar-refractivity contribution in [2.75, 3.05) is 26.2 Å². The molecule has 0 aromatic rings. The second kappa shape index (κ2) is 5.01. The molecule has 4 aliphatic rings. The smallest absolute Gasteiger partial charge is 0.0235 e. The van der Waals surface area contributed by atoms with Gasteiger partial charge in [-0.2, -0.15) is 0 Å². The lowest BCUT2D eigenvalue weighted by atomic mass is 9.94. The first-order chi connectivity index (χ1) is 9.29. The van der Waals surface area contributed by atoms with Crippen LogP contribution in [0, 0.1) is 11.8 Å². The summed E-state index contributed by atoms with van der Waals surface area (Å²) in [6.07, 6.45) is 9.95. The van der Waals surface area contributed by atoms with E-state index in [2.05, 4.69) is 9.80 Å². The Bertz CT molecular complexity index is 324. The van der Waals surface area contributed by atoms with Gasteiger partial charge in [-0.3, -0.25) is 9.80 Å². The van der Waals surface area contributed by atoms with Crippen LogP contribution in [-0.2, 0) is 0 Å². The number of nitrogens with zero attached hydrogens (tertiary/aromatic N) is 2. The number of nitrogens with two attached hydrogens (primary N) is 1. The van der Waals surface area contributed by atoms with Crippen LogP contribution in [0.5, 0.6) is 0 Å². The van der Waals surface area contributed by atoms with Gasteiger partial charge in [-0.1, -0.05) is 6.42 Å². The van der Waals surface area contributed by atoms with Gasteiger partial charge in [0, 0.05) is 31.2 Å². The maximum Gasteiger partial charge on any atom is 0.0235 e. The van der Waals surface area contributed by atoms with Gasteiger partial charge in [0.25, 0.3) is 0 Å². The second-order valence-electron chi connectivity index (χ2n) is 7.55. The topological polar surface area (TPSA) is 32.5 Å². The molecule has 0 radical (unpaired) electrons. The van der Waals surface area contributed by atoms with Gasteiger partial charge in [-0.15, -0.1) is 0 Å². The molecule has 4 fully saturated rings. The summed E-state index contributed by atoms with van der Waals surface area (Å²) in [4.78, 5) is 5.58. The summed E-state index contributed by atoms with van der Waals surface area (Å²) < 4.78 is 0. The van der Waals surface area contributed by atoms with Crippen molar-refractivity contribution in [1.82, 2.24) is 9.80 Å². The number of likely N-dealkylation sites (tertiary alicyclic amines) is 2. The Morgan fingerprint density at radius 2 is 1.58 bits per heavy atom. The molecule has 2 aliphatic carbocycles. The summed E-state index contributed by atoms with van der Waals surface area (Å²) in [5, 5.41) is 0. The van der Waals surface area contributed by atoms with E-state index in [1.807, 2.05) is 0 Å². The van der Waals surface area contributed by atoms with E-state index in [-0.39, 0.29) is 0 Å². The molecule has 4 unspecified atom stereocenters. The summed E-state index contributed by atoms with van der Waals surface area (Å²) in [5.74, 6) is 2.14. The van der Waals surface area contributed by atoms with Crippen LogP contribution in [0.2, 0.25) is 0 Å². The lowest BCUT2D eigenvalue weighted by molar-refractivity contribution is 0.129. The van der Waals surface area contributed by atoms with Crippen LogP contribution in [0.25, 0.3) is 0 Å². The average molecular weight is 263 g/mol. The minimum absolute atomic E-state index is 0.472. The van der Waals surface area contributed by atoms with Gasteiger partial charge in [0.05, 0.1) is 0 Å².